The normalized spacial score (nSPS) is 20.6. The SMILES string of the molecule is O=C(CCCOc1cccc(F)c1)N[C@H]1CCC[C@H]1C(=O)O. The van der Waals surface area contributed by atoms with Crippen molar-refractivity contribution in [3.05, 3.63) is 30.1 Å². The molecule has 1 aliphatic rings. The average Bonchev–Trinajstić information content (AvgIpc) is 2.92. The summed E-state index contributed by atoms with van der Waals surface area (Å²) in [6.45, 7) is 0.309. The Kier molecular flexibility index (Phi) is 5.75. The van der Waals surface area contributed by atoms with Crippen LogP contribution in [0, 0.1) is 11.7 Å². The topological polar surface area (TPSA) is 75.6 Å². The fraction of sp³-hybridized carbons (Fsp3) is 0.500. The van der Waals surface area contributed by atoms with Crippen molar-refractivity contribution < 1.29 is 23.8 Å². The summed E-state index contributed by atoms with van der Waals surface area (Å²) in [5, 5.41) is 11.8. The smallest absolute Gasteiger partial charge is 0.308 e. The first-order chi connectivity index (χ1) is 10.6. The van der Waals surface area contributed by atoms with Gasteiger partial charge in [0.2, 0.25) is 5.91 Å². The van der Waals surface area contributed by atoms with Crippen LogP contribution < -0.4 is 10.1 Å². The van der Waals surface area contributed by atoms with Crippen LogP contribution in [0.1, 0.15) is 32.1 Å². The van der Waals surface area contributed by atoms with Crippen LogP contribution in [0.2, 0.25) is 0 Å². The Labute approximate surface area is 128 Å². The number of carboxylic acids is 1. The van der Waals surface area contributed by atoms with Crippen molar-refractivity contribution in [2.45, 2.75) is 38.1 Å². The first kappa shape index (κ1) is 16.3. The van der Waals surface area contributed by atoms with Crippen molar-refractivity contribution in [2.75, 3.05) is 6.61 Å². The molecule has 22 heavy (non-hydrogen) atoms. The van der Waals surface area contributed by atoms with Crippen LogP contribution in [0.4, 0.5) is 4.39 Å². The van der Waals surface area contributed by atoms with E-state index in [1.165, 1.54) is 12.1 Å². The average molecular weight is 309 g/mol. The van der Waals surface area contributed by atoms with Gasteiger partial charge in [0, 0.05) is 18.5 Å². The maximum Gasteiger partial charge on any atom is 0.308 e. The van der Waals surface area contributed by atoms with Crippen molar-refractivity contribution in [3.63, 3.8) is 0 Å². The Morgan fingerprint density at radius 2 is 2.18 bits per heavy atom. The minimum absolute atomic E-state index is 0.166. The summed E-state index contributed by atoms with van der Waals surface area (Å²) in [5.41, 5.74) is 0. The van der Waals surface area contributed by atoms with Gasteiger partial charge >= 0.3 is 5.97 Å². The van der Waals surface area contributed by atoms with Crippen LogP contribution in [-0.2, 0) is 9.59 Å². The molecule has 2 rings (SSSR count). The number of aliphatic carboxylic acids is 1. The van der Waals surface area contributed by atoms with Crippen molar-refractivity contribution in [3.8, 4) is 5.75 Å². The molecule has 0 unspecified atom stereocenters. The number of rotatable bonds is 7. The van der Waals surface area contributed by atoms with Crippen LogP contribution in [0.3, 0.4) is 0 Å². The van der Waals surface area contributed by atoms with E-state index in [0.29, 0.717) is 31.6 Å². The van der Waals surface area contributed by atoms with Gasteiger partial charge in [-0.3, -0.25) is 9.59 Å². The molecule has 1 aromatic carbocycles. The summed E-state index contributed by atoms with van der Waals surface area (Å²) in [5.74, 6) is -1.43. The fourth-order valence-corrected chi connectivity index (χ4v) is 2.69. The third-order valence-electron chi connectivity index (χ3n) is 3.79. The highest BCUT2D eigenvalue weighted by Gasteiger charge is 2.33. The second kappa shape index (κ2) is 7.77. The van der Waals surface area contributed by atoms with E-state index < -0.39 is 11.9 Å². The molecule has 0 saturated heterocycles. The second-order valence-electron chi connectivity index (χ2n) is 5.46. The van der Waals surface area contributed by atoms with E-state index in [1.807, 2.05) is 0 Å². The van der Waals surface area contributed by atoms with Crippen molar-refractivity contribution in [1.82, 2.24) is 5.32 Å². The molecule has 1 amide bonds. The van der Waals surface area contributed by atoms with E-state index in [4.69, 9.17) is 9.84 Å². The zero-order valence-corrected chi connectivity index (χ0v) is 12.3. The van der Waals surface area contributed by atoms with Crippen molar-refractivity contribution >= 4 is 11.9 Å². The van der Waals surface area contributed by atoms with Gasteiger partial charge in [-0.05, 0) is 31.4 Å². The van der Waals surface area contributed by atoms with Gasteiger partial charge in [-0.1, -0.05) is 12.5 Å². The van der Waals surface area contributed by atoms with Gasteiger partial charge in [0.15, 0.2) is 0 Å². The number of hydrogen-bond donors (Lipinski definition) is 2. The molecular formula is C16H20FNO4. The van der Waals surface area contributed by atoms with Gasteiger partial charge in [-0.15, -0.1) is 0 Å². The summed E-state index contributed by atoms with van der Waals surface area (Å²) < 4.78 is 18.3. The fourth-order valence-electron chi connectivity index (χ4n) is 2.69. The molecule has 1 saturated carbocycles. The van der Waals surface area contributed by atoms with E-state index in [1.54, 1.807) is 12.1 Å². The van der Waals surface area contributed by atoms with Gasteiger partial charge in [0.25, 0.3) is 0 Å². The largest absolute Gasteiger partial charge is 0.493 e. The van der Waals surface area contributed by atoms with Gasteiger partial charge in [-0.25, -0.2) is 4.39 Å². The maximum atomic E-state index is 12.9. The highest BCUT2D eigenvalue weighted by Crippen LogP contribution is 2.25. The van der Waals surface area contributed by atoms with Crippen molar-refractivity contribution in [1.29, 1.82) is 0 Å². The van der Waals surface area contributed by atoms with Gasteiger partial charge in [-0.2, -0.15) is 0 Å². The van der Waals surface area contributed by atoms with Crippen LogP contribution in [0.5, 0.6) is 5.75 Å². The van der Waals surface area contributed by atoms with E-state index in [2.05, 4.69) is 5.32 Å². The lowest BCUT2D eigenvalue weighted by Gasteiger charge is -2.17. The van der Waals surface area contributed by atoms with E-state index in [9.17, 15) is 14.0 Å². The molecule has 1 fully saturated rings. The molecular weight excluding hydrogens is 289 g/mol. The number of halogens is 1. The lowest BCUT2D eigenvalue weighted by molar-refractivity contribution is -0.142. The molecule has 0 bridgehead atoms. The summed E-state index contributed by atoms with van der Waals surface area (Å²) >= 11 is 0. The number of ether oxygens (including phenoxy) is 1. The lowest BCUT2D eigenvalue weighted by Crippen LogP contribution is -2.40. The number of carbonyl (C=O) groups is 2. The van der Waals surface area contributed by atoms with Gasteiger partial charge in [0.1, 0.15) is 11.6 Å². The highest BCUT2D eigenvalue weighted by molar-refractivity contribution is 5.78. The third-order valence-corrected chi connectivity index (χ3v) is 3.79. The molecule has 1 aliphatic carbocycles. The van der Waals surface area contributed by atoms with Gasteiger partial charge in [0.05, 0.1) is 12.5 Å². The Bertz CT molecular complexity index is 535. The number of nitrogens with one attached hydrogen (secondary N) is 1. The molecule has 6 heteroatoms. The number of amides is 1. The Morgan fingerprint density at radius 1 is 1.36 bits per heavy atom. The molecule has 2 N–H and O–H groups in total. The van der Waals surface area contributed by atoms with Gasteiger partial charge < -0.3 is 15.2 Å². The maximum absolute atomic E-state index is 12.9. The summed E-state index contributed by atoms with van der Waals surface area (Å²) in [4.78, 5) is 22.8. The number of carboxylic acid groups (broad SMARTS) is 1. The van der Waals surface area contributed by atoms with E-state index in [0.717, 1.165) is 6.42 Å². The van der Waals surface area contributed by atoms with Crippen LogP contribution >= 0.6 is 0 Å². The van der Waals surface area contributed by atoms with E-state index >= 15 is 0 Å². The summed E-state index contributed by atoms with van der Waals surface area (Å²) in [6.07, 6.45) is 2.90. The number of carbonyl (C=O) groups excluding carboxylic acids is 1. The van der Waals surface area contributed by atoms with Crippen LogP contribution in [-0.4, -0.2) is 29.6 Å². The molecule has 0 spiro atoms. The van der Waals surface area contributed by atoms with E-state index in [-0.39, 0.29) is 24.2 Å². The molecule has 1 aromatic rings. The highest BCUT2D eigenvalue weighted by atomic mass is 19.1. The predicted octanol–water partition coefficient (Wildman–Crippen LogP) is 2.35. The number of benzene rings is 1. The molecule has 0 aliphatic heterocycles. The minimum atomic E-state index is -0.850. The molecule has 0 heterocycles. The molecule has 0 radical (unpaired) electrons. The van der Waals surface area contributed by atoms with Crippen molar-refractivity contribution in [2.24, 2.45) is 5.92 Å². The molecule has 120 valence electrons. The Hall–Kier alpha value is -2.11. The lowest BCUT2D eigenvalue weighted by atomic mass is 10.0. The van der Waals surface area contributed by atoms with Crippen LogP contribution in [0.15, 0.2) is 24.3 Å². The summed E-state index contributed by atoms with van der Waals surface area (Å²) in [7, 11) is 0. The molecule has 5 nitrogen and oxygen atoms in total. The third kappa shape index (κ3) is 4.72. The first-order valence-corrected chi connectivity index (χ1v) is 7.47. The predicted molar refractivity (Wildman–Crippen MR) is 78.0 cm³/mol. The quantitative estimate of drug-likeness (QED) is 0.758. The zero-order chi connectivity index (χ0) is 15.9. The number of hydrogen-bond acceptors (Lipinski definition) is 3. The minimum Gasteiger partial charge on any atom is -0.493 e. The monoisotopic (exact) mass is 309 g/mol. The molecule has 0 aromatic heterocycles. The Balaban J connectivity index is 1.66. The zero-order valence-electron chi connectivity index (χ0n) is 12.3. The second-order valence-corrected chi connectivity index (χ2v) is 5.46. The first-order valence-electron chi connectivity index (χ1n) is 7.47. The molecule has 2 atom stereocenters. The Morgan fingerprint density at radius 3 is 2.91 bits per heavy atom. The summed E-state index contributed by atoms with van der Waals surface area (Å²) in [6, 6.07) is 5.56. The van der Waals surface area contributed by atoms with Crippen LogP contribution in [0.25, 0.3) is 0 Å². The standard InChI is InChI=1S/C16H20FNO4/c17-11-4-1-5-12(10-11)22-9-3-8-15(19)18-14-7-2-6-13(14)16(20)21/h1,4-5,10,13-14H,2-3,6-9H2,(H,18,19)(H,20,21)/t13-,14+/m1/s1.